The van der Waals surface area contributed by atoms with Crippen LogP contribution in [0.1, 0.15) is 46.0 Å². The highest BCUT2D eigenvalue weighted by Gasteiger charge is 2.29. The molecule has 3 unspecified atom stereocenters. The number of nitrogens with zero attached hydrogens (tertiary/aromatic N) is 1. The minimum atomic E-state index is 0.939. The lowest BCUT2D eigenvalue weighted by atomic mass is 9.78. The van der Waals surface area contributed by atoms with Crippen LogP contribution in [-0.2, 0) is 0 Å². The van der Waals surface area contributed by atoms with Crippen LogP contribution in [0, 0.1) is 11.8 Å². The van der Waals surface area contributed by atoms with E-state index in [0.29, 0.717) is 0 Å². The highest BCUT2D eigenvalue weighted by Crippen LogP contribution is 2.33. The molecule has 2 fully saturated rings. The SMILES string of the molecule is CC1CCC(N2CCCC2)CC1C. The van der Waals surface area contributed by atoms with Gasteiger partial charge in [0, 0.05) is 6.04 Å². The van der Waals surface area contributed by atoms with Crippen LogP contribution in [-0.4, -0.2) is 24.0 Å². The van der Waals surface area contributed by atoms with Gasteiger partial charge in [0.2, 0.25) is 0 Å². The summed E-state index contributed by atoms with van der Waals surface area (Å²) in [5.41, 5.74) is 0. The van der Waals surface area contributed by atoms with Crippen molar-refractivity contribution in [3.63, 3.8) is 0 Å². The van der Waals surface area contributed by atoms with Crippen LogP contribution in [0.3, 0.4) is 0 Å². The van der Waals surface area contributed by atoms with E-state index in [1.54, 1.807) is 0 Å². The summed E-state index contributed by atoms with van der Waals surface area (Å²) < 4.78 is 0. The Hall–Kier alpha value is -0.0400. The highest BCUT2D eigenvalue weighted by atomic mass is 15.2. The third kappa shape index (κ3) is 2.07. The molecule has 3 atom stereocenters. The smallest absolute Gasteiger partial charge is 0.00979 e. The van der Waals surface area contributed by atoms with Gasteiger partial charge in [0.05, 0.1) is 0 Å². The second-order valence-corrected chi connectivity index (χ2v) is 5.16. The van der Waals surface area contributed by atoms with Crippen molar-refractivity contribution in [2.45, 2.75) is 52.0 Å². The quantitative estimate of drug-likeness (QED) is 0.601. The van der Waals surface area contributed by atoms with Crippen molar-refractivity contribution < 1.29 is 0 Å². The standard InChI is InChI=1S/C12H23N/c1-10-5-6-12(9-11(10)2)13-7-3-4-8-13/h10-12H,3-9H2,1-2H3. The molecule has 76 valence electrons. The van der Waals surface area contributed by atoms with Crippen molar-refractivity contribution in [3.8, 4) is 0 Å². The third-order valence-corrected chi connectivity index (χ3v) is 4.23. The topological polar surface area (TPSA) is 3.24 Å². The molecular weight excluding hydrogens is 158 g/mol. The fourth-order valence-corrected chi connectivity index (χ4v) is 2.96. The first kappa shape index (κ1) is 9.51. The molecule has 1 heterocycles. The normalized spacial score (nSPS) is 42.5. The van der Waals surface area contributed by atoms with E-state index in [9.17, 15) is 0 Å². The second kappa shape index (κ2) is 4.00. The molecule has 2 rings (SSSR count). The summed E-state index contributed by atoms with van der Waals surface area (Å²) in [5, 5.41) is 0. The van der Waals surface area contributed by atoms with E-state index >= 15 is 0 Å². The average Bonchev–Trinajstić information content (AvgIpc) is 2.62. The Kier molecular flexibility index (Phi) is 2.92. The molecule has 2 aliphatic rings. The fraction of sp³-hybridized carbons (Fsp3) is 1.00. The first-order chi connectivity index (χ1) is 6.27. The zero-order chi connectivity index (χ0) is 9.26. The van der Waals surface area contributed by atoms with E-state index in [1.807, 2.05) is 0 Å². The maximum atomic E-state index is 2.74. The fourth-order valence-electron chi connectivity index (χ4n) is 2.96. The molecule has 1 aliphatic heterocycles. The molecule has 1 aliphatic carbocycles. The molecule has 0 aromatic carbocycles. The molecule has 0 amide bonds. The Balaban J connectivity index is 1.87. The summed E-state index contributed by atoms with van der Waals surface area (Å²) in [6, 6.07) is 0.939. The zero-order valence-electron chi connectivity index (χ0n) is 9.13. The predicted molar refractivity (Wildman–Crippen MR) is 56.8 cm³/mol. The van der Waals surface area contributed by atoms with Crippen LogP contribution < -0.4 is 0 Å². The summed E-state index contributed by atoms with van der Waals surface area (Å²) in [5.74, 6) is 1.93. The van der Waals surface area contributed by atoms with Crippen LogP contribution in [0.25, 0.3) is 0 Å². The first-order valence-corrected chi connectivity index (χ1v) is 6.01. The van der Waals surface area contributed by atoms with Crippen molar-refractivity contribution >= 4 is 0 Å². The van der Waals surface area contributed by atoms with E-state index in [0.717, 1.165) is 17.9 Å². The number of hydrogen-bond acceptors (Lipinski definition) is 1. The Labute approximate surface area is 82.5 Å². The van der Waals surface area contributed by atoms with Crippen LogP contribution in [0.5, 0.6) is 0 Å². The lowest BCUT2D eigenvalue weighted by Crippen LogP contribution is -2.38. The van der Waals surface area contributed by atoms with Crippen molar-refractivity contribution in [2.24, 2.45) is 11.8 Å². The van der Waals surface area contributed by atoms with Gasteiger partial charge in [-0.3, -0.25) is 0 Å². The van der Waals surface area contributed by atoms with Gasteiger partial charge in [0.15, 0.2) is 0 Å². The summed E-state index contributed by atoms with van der Waals surface area (Å²) in [6.07, 6.45) is 7.27. The average molecular weight is 181 g/mol. The summed E-state index contributed by atoms with van der Waals surface area (Å²) in [4.78, 5) is 2.74. The van der Waals surface area contributed by atoms with Crippen LogP contribution in [0.15, 0.2) is 0 Å². The van der Waals surface area contributed by atoms with Gasteiger partial charge >= 0.3 is 0 Å². The van der Waals surface area contributed by atoms with Gasteiger partial charge in [-0.15, -0.1) is 0 Å². The Morgan fingerprint density at radius 1 is 0.923 bits per heavy atom. The van der Waals surface area contributed by atoms with E-state index in [-0.39, 0.29) is 0 Å². The largest absolute Gasteiger partial charge is 0.300 e. The first-order valence-electron chi connectivity index (χ1n) is 6.01. The molecule has 0 radical (unpaired) electrons. The Morgan fingerprint density at radius 3 is 2.23 bits per heavy atom. The Bertz CT molecular complexity index is 161. The van der Waals surface area contributed by atoms with Crippen molar-refractivity contribution in [3.05, 3.63) is 0 Å². The number of rotatable bonds is 1. The molecule has 0 aromatic heterocycles. The summed E-state index contributed by atoms with van der Waals surface area (Å²) in [7, 11) is 0. The monoisotopic (exact) mass is 181 g/mol. The maximum Gasteiger partial charge on any atom is 0.00979 e. The van der Waals surface area contributed by atoms with Crippen molar-refractivity contribution in [1.82, 2.24) is 4.90 Å². The predicted octanol–water partition coefficient (Wildman–Crippen LogP) is 2.91. The van der Waals surface area contributed by atoms with Gasteiger partial charge in [-0.2, -0.15) is 0 Å². The summed E-state index contributed by atoms with van der Waals surface area (Å²) in [6.45, 7) is 7.62. The maximum absolute atomic E-state index is 2.74. The van der Waals surface area contributed by atoms with Crippen LogP contribution in [0.2, 0.25) is 0 Å². The lowest BCUT2D eigenvalue weighted by Gasteiger charge is -2.37. The minimum Gasteiger partial charge on any atom is -0.300 e. The molecule has 0 aromatic rings. The molecular formula is C12H23N. The summed E-state index contributed by atoms with van der Waals surface area (Å²) >= 11 is 0. The number of likely N-dealkylation sites (tertiary alicyclic amines) is 1. The second-order valence-electron chi connectivity index (χ2n) is 5.16. The lowest BCUT2D eigenvalue weighted by molar-refractivity contribution is 0.131. The molecule has 13 heavy (non-hydrogen) atoms. The Morgan fingerprint density at radius 2 is 1.62 bits per heavy atom. The van der Waals surface area contributed by atoms with E-state index in [1.165, 1.54) is 45.2 Å². The third-order valence-electron chi connectivity index (χ3n) is 4.23. The van der Waals surface area contributed by atoms with Gasteiger partial charge in [0.1, 0.15) is 0 Å². The molecule has 0 N–H and O–H groups in total. The number of hydrogen-bond donors (Lipinski definition) is 0. The molecule has 1 saturated carbocycles. The van der Waals surface area contributed by atoms with Gasteiger partial charge in [0.25, 0.3) is 0 Å². The molecule has 1 saturated heterocycles. The molecule has 0 bridgehead atoms. The minimum absolute atomic E-state index is 0.939. The van der Waals surface area contributed by atoms with Crippen LogP contribution >= 0.6 is 0 Å². The molecule has 1 nitrogen and oxygen atoms in total. The molecule has 0 spiro atoms. The van der Waals surface area contributed by atoms with Crippen molar-refractivity contribution in [2.75, 3.05) is 13.1 Å². The van der Waals surface area contributed by atoms with Gasteiger partial charge < -0.3 is 4.90 Å². The zero-order valence-corrected chi connectivity index (χ0v) is 9.13. The van der Waals surface area contributed by atoms with Crippen molar-refractivity contribution in [1.29, 1.82) is 0 Å². The van der Waals surface area contributed by atoms with E-state index in [4.69, 9.17) is 0 Å². The molecule has 1 heteroatoms. The van der Waals surface area contributed by atoms with E-state index in [2.05, 4.69) is 18.7 Å². The highest BCUT2D eigenvalue weighted by molar-refractivity contribution is 4.83. The van der Waals surface area contributed by atoms with E-state index < -0.39 is 0 Å². The van der Waals surface area contributed by atoms with Gasteiger partial charge in [-0.05, 0) is 57.0 Å². The van der Waals surface area contributed by atoms with Gasteiger partial charge in [-0.1, -0.05) is 13.8 Å². The van der Waals surface area contributed by atoms with Gasteiger partial charge in [-0.25, -0.2) is 0 Å². The van der Waals surface area contributed by atoms with Crippen LogP contribution in [0.4, 0.5) is 0 Å².